The summed E-state index contributed by atoms with van der Waals surface area (Å²) in [5.74, 6) is -0.286. The molecule has 0 fully saturated rings. The number of benzene rings is 2. The van der Waals surface area contributed by atoms with Crippen molar-refractivity contribution in [3.05, 3.63) is 58.1 Å². The summed E-state index contributed by atoms with van der Waals surface area (Å²) >= 11 is 0. The quantitative estimate of drug-likeness (QED) is 0.422. The molecule has 0 bridgehead atoms. The second-order valence-corrected chi connectivity index (χ2v) is 4.76. The van der Waals surface area contributed by atoms with Crippen LogP contribution in [0.25, 0.3) is 0 Å². The van der Waals surface area contributed by atoms with Crippen LogP contribution in [0.15, 0.2) is 36.4 Å². The summed E-state index contributed by atoms with van der Waals surface area (Å²) in [5, 5.41) is 11.0. The van der Waals surface area contributed by atoms with Crippen LogP contribution in [-0.4, -0.2) is 25.2 Å². The lowest BCUT2D eigenvalue weighted by molar-refractivity contribution is -0.385. The fraction of sp³-hybridized carbons (Fsp3) is 0.250. The van der Waals surface area contributed by atoms with E-state index in [1.165, 1.54) is 19.2 Å². The molecule has 0 aliphatic heterocycles. The van der Waals surface area contributed by atoms with Gasteiger partial charge < -0.3 is 14.2 Å². The zero-order chi connectivity index (χ0) is 18.4. The number of nitro groups is 1. The first-order valence-corrected chi connectivity index (χ1v) is 6.99. The molecule has 6 nitrogen and oxygen atoms in total. The van der Waals surface area contributed by atoms with Gasteiger partial charge in [0.15, 0.2) is 0 Å². The van der Waals surface area contributed by atoms with Crippen molar-refractivity contribution in [3.8, 4) is 17.2 Å². The standard InChI is InChI=1S/C16H13F3NO5/c1-23-7-8-24-12-3-2-4-13(10-12)25-15-9-11(16(17,18)19)5-6-14(15)20(21)22/h2-6,9H,7-8H2,1H3. The van der Waals surface area contributed by atoms with Crippen LogP contribution in [-0.2, 0) is 10.9 Å². The van der Waals surface area contributed by atoms with E-state index in [0.717, 1.165) is 6.07 Å². The van der Waals surface area contributed by atoms with Crippen LogP contribution in [0.3, 0.4) is 0 Å². The SMILES string of the molecule is COCCOc1[c]c(Oc2cc(C(F)(F)F)ccc2[N+](=O)[O-])ccc1. The normalized spacial score (nSPS) is 11.2. The van der Waals surface area contributed by atoms with E-state index in [9.17, 15) is 23.3 Å². The zero-order valence-electron chi connectivity index (χ0n) is 13.0. The summed E-state index contributed by atoms with van der Waals surface area (Å²) in [7, 11) is 1.50. The molecule has 0 atom stereocenters. The number of nitrogens with zero attached hydrogens (tertiary/aromatic N) is 1. The van der Waals surface area contributed by atoms with Gasteiger partial charge in [0.2, 0.25) is 5.75 Å². The molecule has 2 aromatic carbocycles. The molecule has 0 aromatic heterocycles. The van der Waals surface area contributed by atoms with E-state index >= 15 is 0 Å². The molecule has 0 saturated heterocycles. The Hall–Kier alpha value is -2.81. The average molecular weight is 356 g/mol. The molecule has 0 amide bonds. The summed E-state index contributed by atoms with van der Waals surface area (Å²) in [4.78, 5) is 10.2. The van der Waals surface area contributed by atoms with Crippen LogP contribution in [0.2, 0.25) is 0 Å². The molecule has 133 valence electrons. The number of alkyl halides is 3. The van der Waals surface area contributed by atoms with E-state index in [1.54, 1.807) is 6.07 Å². The third-order valence-corrected chi connectivity index (χ3v) is 2.99. The monoisotopic (exact) mass is 356 g/mol. The molecule has 2 aromatic rings. The molecule has 25 heavy (non-hydrogen) atoms. The summed E-state index contributed by atoms with van der Waals surface area (Å²) in [6.07, 6.45) is -4.65. The van der Waals surface area contributed by atoms with Gasteiger partial charge in [-0.05, 0) is 18.2 Å². The zero-order valence-corrected chi connectivity index (χ0v) is 13.0. The molecule has 0 unspecified atom stereocenters. The van der Waals surface area contributed by atoms with E-state index in [4.69, 9.17) is 14.2 Å². The fourth-order valence-electron chi connectivity index (χ4n) is 1.85. The smallest absolute Gasteiger partial charge is 0.416 e. The highest BCUT2D eigenvalue weighted by atomic mass is 19.4. The van der Waals surface area contributed by atoms with Crippen LogP contribution < -0.4 is 9.47 Å². The van der Waals surface area contributed by atoms with Gasteiger partial charge >= 0.3 is 11.9 Å². The third kappa shape index (κ3) is 5.08. The first-order valence-electron chi connectivity index (χ1n) is 6.99. The minimum Gasteiger partial charge on any atom is -0.490 e. The van der Waals surface area contributed by atoms with Crippen LogP contribution in [0.5, 0.6) is 17.2 Å². The van der Waals surface area contributed by atoms with Gasteiger partial charge in [-0.25, -0.2) is 0 Å². The molecular formula is C16H13F3NO5. The molecular weight excluding hydrogens is 343 g/mol. The second-order valence-electron chi connectivity index (χ2n) is 4.76. The number of hydrogen-bond acceptors (Lipinski definition) is 5. The number of rotatable bonds is 7. The van der Waals surface area contributed by atoms with Crippen molar-refractivity contribution in [2.75, 3.05) is 20.3 Å². The van der Waals surface area contributed by atoms with Crippen LogP contribution in [0.4, 0.5) is 18.9 Å². The number of methoxy groups -OCH3 is 1. The van der Waals surface area contributed by atoms with Crippen molar-refractivity contribution in [3.63, 3.8) is 0 Å². The van der Waals surface area contributed by atoms with Crippen molar-refractivity contribution in [2.45, 2.75) is 6.18 Å². The van der Waals surface area contributed by atoms with Crippen molar-refractivity contribution >= 4 is 5.69 Å². The summed E-state index contributed by atoms with van der Waals surface area (Å²) < 4.78 is 53.8. The Morgan fingerprint density at radius 3 is 2.52 bits per heavy atom. The van der Waals surface area contributed by atoms with Crippen LogP contribution in [0.1, 0.15) is 5.56 Å². The Labute approximate surface area is 140 Å². The topological polar surface area (TPSA) is 70.8 Å². The van der Waals surface area contributed by atoms with Gasteiger partial charge in [0.05, 0.1) is 23.2 Å². The van der Waals surface area contributed by atoms with Gasteiger partial charge in [0, 0.05) is 19.2 Å². The van der Waals surface area contributed by atoms with E-state index in [-0.39, 0.29) is 18.1 Å². The van der Waals surface area contributed by atoms with Gasteiger partial charge in [0.25, 0.3) is 0 Å². The molecule has 0 aliphatic carbocycles. The van der Waals surface area contributed by atoms with E-state index in [1.807, 2.05) is 0 Å². The molecule has 0 spiro atoms. The van der Waals surface area contributed by atoms with Gasteiger partial charge in [-0.3, -0.25) is 10.1 Å². The minimum atomic E-state index is -4.65. The second kappa shape index (κ2) is 7.84. The fourth-order valence-corrected chi connectivity index (χ4v) is 1.85. The van der Waals surface area contributed by atoms with E-state index in [2.05, 4.69) is 6.07 Å². The number of halogens is 3. The number of ether oxygens (including phenoxy) is 3. The minimum absolute atomic E-state index is 0.0164. The predicted octanol–water partition coefficient (Wildman–Crippen LogP) is 4.23. The maximum atomic E-state index is 12.8. The Bertz CT molecular complexity index is 749. The molecule has 0 heterocycles. The third-order valence-electron chi connectivity index (χ3n) is 2.99. The largest absolute Gasteiger partial charge is 0.490 e. The Kier molecular flexibility index (Phi) is 5.81. The first-order chi connectivity index (χ1) is 11.8. The Balaban J connectivity index is 2.29. The predicted molar refractivity (Wildman–Crippen MR) is 80.8 cm³/mol. The molecule has 2 rings (SSSR count). The summed E-state index contributed by atoms with van der Waals surface area (Å²) in [6.45, 7) is 0.568. The highest BCUT2D eigenvalue weighted by Crippen LogP contribution is 2.38. The molecule has 9 heteroatoms. The summed E-state index contributed by atoms with van der Waals surface area (Å²) in [5.41, 5.74) is -1.65. The van der Waals surface area contributed by atoms with Crippen molar-refractivity contribution < 1.29 is 32.3 Å². The molecule has 0 N–H and O–H groups in total. The number of nitro benzene ring substituents is 1. The first kappa shape index (κ1) is 18.5. The average Bonchev–Trinajstić information content (AvgIpc) is 2.54. The van der Waals surface area contributed by atoms with Crippen molar-refractivity contribution in [1.82, 2.24) is 0 Å². The highest BCUT2D eigenvalue weighted by Gasteiger charge is 2.33. The molecule has 0 aliphatic rings. The van der Waals surface area contributed by atoms with Crippen molar-refractivity contribution in [1.29, 1.82) is 0 Å². The Morgan fingerprint density at radius 1 is 1.16 bits per heavy atom. The Morgan fingerprint density at radius 2 is 1.88 bits per heavy atom. The van der Waals surface area contributed by atoms with Gasteiger partial charge in [-0.2, -0.15) is 13.2 Å². The lowest BCUT2D eigenvalue weighted by Crippen LogP contribution is -2.06. The van der Waals surface area contributed by atoms with E-state index < -0.39 is 28.1 Å². The molecule has 0 saturated carbocycles. The van der Waals surface area contributed by atoms with E-state index in [0.29, 0.717) is 18.7 Å². The summed E-state index contributed by atoms with van der Waals surface area (Å²) in [6, 6.07) is 9.09. The highest BCUT2D eigenvalue weighted by molar-refractivity contribution is 5.51. The van der Waals surface area contributed by atoms with Gasteiger partial charge in [-0.1, -0.05) is 6.07 Å². The van der Waals surface area contributed by atoms with Crippen molar-refractivity contribution in [2.24, 2.45) is 0 Å². The maximum Gasteiger partial charge on any atom is 0.416 e. The maximum absolute atomic E-state index is 12.8. The van der Waals surface area contributed by atoms with Gasteiger partial charge in [0.1, 0.15) is 18.1 Å². The number of hydrogen-bond donors (Lipinski definition) is 0. The lowest BCUT2D eigenvalue weighted by Gasteiger charge is -2.11. The molecule has 1 radical (unpaired) electrons. The van der Waals surface area contributed by atoms with Crippen LogP contribution in [0, 0.1) is 16.2 Å². The lowest BCUT2D eigenvalue weighted by atomic mass is 10.2. The van der Waals surface area contributed by atoms with Gasteiger partial charge in [-0.15, -0.1) is 0 Å². The van der Waals surface area contributed by atoms with Crippen LogP contribution >= 0.6 is 0 Å².